The van der Waals surface area contributed by atoms with Gasteiger partial charge in [-0.25, -0.2) is 0 Å². The third-order valence-electron chi connectivity index (χ3n) is 12.7. The van der Waals surface area contributed by atoms with Gasteiger partial charge in [0.1, 0.15) is 0 Å². The van der Waals surface area contributed by atoms with Crippen molar-refractivity contribution in [1.29, 1.82) is 0 Å². The third kappa shape index (κ3) is 4.78. The summed E-state index contributed by atoms with van der Waals surface area (Å²) in [4.78, 5) is 6.93. The fourth-order valence-corrected chi connectivity index (χ4v) is 10.1. The Kier molecular flexibility index (Phi) is 6.76. The molecule has 1 heterocycles. The molecule has 0 amide bonds. The molecule has 0 fully saturated rings. The Morgan fingerprint density at radius 1 is 0.288 bits per heavy atom. The lowest BCUT2D eigenvalue weighted by molar-refractivity contribution is 1.23. The van der Waals surface area contributed by atoms with Gasteiger partial charge in [-0.1, -0.05) is 127 Å². The van der Waals surface area contributed by atoms with Crippen molar-refractivity contribution in [2.75, 3.05) is 4.90 Å². The molecule has 2 nitrogen and oxygen atoms in total. The third-order valence-corrected chi connectivity index (χ3v) is 12.7. The SMILES string of the molecule is c1ccc(N(c2cccnc2)c2cc(-c3ccc4c5c(cccc35)-c3cc5ccccc5cc3-4)cc(-c3ccc4c5c(cccc35)-c3cc5ccccc5cc3-4)c2)cc1. The summed E-state index contributed by atoms with van der Waals surface area (Å²) in [5.41, 5.74) is 18.4. The van der Waals surface area contributed by atoms with Crippen LogP contribution in [0.15, 0.2) is 207 Å². The molecule has 10 aromatic carbocycles. The van der Waals surface area contributed by atoms with Crippen LogP contribution in [0.25, 0.3) is 110 Å². The van der Waals surface area contributed by atoms with E-state index in [0.717, 1.165) is 17.1 Å². The molecule has 0 bridgehead atoms. The molecule has 1 aromatic heterocycles. The number of nitrogens with zero attached hydrogens (tertiary/aromatic N) is 2. The molecule has 0 saturated heterocycles. The zero-order valence-corrected chi connectivity index (χ0v) is 32.0. The van der Waals surface area contributed by atoms with Crippen LogP contribution in [0.4, 0.5) is 17.1 Å². The number of pyridine rings is 1. The molecule has 11 aromatic rings. The van der Waals surface area contributed by atoms with Crippen LogP contribution in [0.1, 0.15) is 0 Å². The maximum absolute atomic E-state index is 4.59. The zero-order chi connectivity index (χ0) is 38.6. The molecule has 0 unspecified atom stereocenters. The number of rotatable bonds is 5. The molecule has 0 radical (unpaired) electrons. The first-order valence-corrected chi connectivity index (χ1v) is 20.3. The van der Waals surface area contributed by atoms with Crippen molar-refractivity contribution in [3.8, 4) is 66.8 Å². The van der Waals surface area contributed by atoms with Crippen LogP contribution in [0.2, 0.25) is 0 Å². The molecular formula is C57H34N2. The maximum atomic E-state index is 4.59. The number of benzene rings is 10. The number of fused-ring (bicyclic) bond motifs is 8. The second-order valence-electron chi connectivity index (χ2n) is 15.9. The predicted octanol–water partition coefficient (Wildman–Crippen LogP) is 15.8. The molecule has 272 valence electrons. The van der Waals surface area contributed by atoms with Crippen LogP contribution in [-0.4, -0.2) is 4.98 Å². The summed E-state index contributed by atoms with van der Waals surface area (Å²) in [7, 11) is 0. The maximum Gasteiger partial charge on any atom is 0.0644 e. The molecule has 2 aliphatic rings. The van der Waals surface area contributed by atoms with E-state index in [0.29, 0.717) is 0 Å². The zero-order valence-electron chi connectivity index (χ0n) is 32.0. The van der Waals surface area contributed by atoms with Crippen molar-refractivity contribution in [3.05, 3.63) is 207 Å². The largest absolute Gasteiger partial charge is 0.309 e. The lowest BCUT2D eigenvalue weighted by atomic mass is 9.89. The first-order chi connectivity index (χ1) is 29.2. The molecular weight excluding hydrogens is 713 g/mol. The van der Waals surface area contributed by atoms with Gasteiger partial charge in [0, 0.05) is 17.6 Å². The minimum Gasteiger partial charge on any atom is -0.309 e. The number of hydrogen-bond donors (Lipinski definition) is 0. The molecule has 0 N–H and O–H groups in total. The summed E-state index contributed by atoms with van der Waals surface area (Å²) in [6.07, 6.45) is 3.80. The van der Waals surface area contributed by atoms with E-state index < -0.39 is 0 Å². The van der Waals surface area contributed by atoms with E-state index in [-0.39, 0.29) is 0 Å². The van der Waals surface area contributed by atoms with Crippen molar-refractivity contribution in [2.45, 2.75) is 0 Å². The van der Waals surface area contributed by atoms with E-state index in [2.05, 4.69) is 198 Å². The predicted molar refractivity (Wildman–Crippen MR) is 249 cm³/mol. The van der Waals surface area contributed by atoms with Crippen molar-refractivity contribution in [1.82, 2.24) is 4.98 Å². The summed E-state index contributed by atoms with van der Waals surface area (Å²) in [5.74, 6) is 0. The Balaban J connectivity index is 1.07. The lowest BCUT2D eigenvalue weighted by Gasteiger charge is -2.26. The van der Waals surface area contributed by atoms with Crippen LogP contribution >= 0.6 is 0 Å². The van der Waals surface area contributed by atoms with Gasteiger partial charge in [-0.15, -0.1) is 0 Å². The van der Waals surface area contributed by atoms with Gasteiger partial charge in [-0.2, -0.15) is 0 Å². The van der Waals surface area contributed by atoms with Gasteiger partial charge in [0.2, 0.25) is 0 Å². The Bertz CT molecular complexity index is 3220. The molecule has 0 atom stereocenters. The first kappa shape index (κ1) is 32.3. The topological polar surface area (TPSA) is 16.1 Å². The second-order valence-corrected chi connectivity index (χ2v) is 15.9. The van der Waals surface area contributed by atoms with E-state index in [9.17, 15) is 0 Å². The molecule has 0 aliphatic heterocycles. The highest BCUT2D eigenvalue weighted by Gasteiger charge is 2.26. The summed E-state index contributed by atoms with van der Waals surface area (Å²) in [6, 6.07) is 72.0. The van der Waals surface area contributed by atoms with Crippen LogP contribution in [0, 0.1) is 0 Å². The van der Waals surface area contributed by atoms with Crippen LogP contribution < -0.4 is 4.90 Å². The fourth-order valence-electron chi connectivity index (χ4n) is 10.1. The molecule has 0 saturated carbocycles. The van der Waals surface area contributed by atoms with Crippen molar-refractivity contribution in [2.24, 2.45) is 0 Å². The minimum atomic E-state index is 1.01. The average Bonchev–Trinajstić information content (AvgIpc) is 3.78. The lowest BCUT2D eigenvalue weighted by Crippen LogP contribution is -2.10. The van der Waals surface area contributed by atoms with Gasteiger partial charge < -0.3 is 4.90 Å². The van der Waals surface area contributed by atoms with E-state index in [1.165, 1.54) is 110 Å². The van der Waals surface area contributed by atoms with Gasteiger partial charge in [-0.3, -0.25) is 4.98 Å². The molecule has 13 rings (SSSR count). The van der Waals surface area contributed by atoms with Crippen LogP contribution in [-0.2, 0) is 0 Å². The summed E-state index contributed by atoms with van der Waals surface area (Å²) in [5, 5.41) is 10.3. The first-order valence-electron chi connectivity index (χ1n) is 20.3. The monoisotopic (exact) mass is 746 g/mol. The van der Waals surface area contributed by atoms with Gasteiger partial charge in [0.15, 0.2) is 0 Å². The quantitative estimate of drug-likeness (QED) is 0.174. The van der Waals surface area contributed by atoms with E-state index in [1.807, 2.05) is 18.5 Å². The Morgan fingerprint density at radius 2 is 0.729 bits per heavy atom. The number of anilines is 3. The Morgan fingerprint density at radius 3 is 1.20 bits per heavy atom. The van der Waals surface area contributed by atoms with Crippen LogP contribution in [0.3, 0.4) is 0 Å². The summed E-state index contributed by atoms with van der Waals surface area (Å²) >= 11 is 0. The van der Waals surface area contributed by atoms with Crippen molar-refractivity contribution >= 4 is 60.2 Å². The van der Waals surface area contributed by atoms with Gasteiger partial charge >= 0.3 is 0 Å². The number of aromatic nitrogens is 1. The summed E-state index contributed by atoms with van der Waals surface area (Å²) < 4.78 is 0. The van der Waals surface area contributed by atoms with Gasteiger partial charge in [0.25, 0.3) is 0 Å². The normalized spacial score (nSPS) is 12.1. The molecule has 2 aliphatic carbocycles. The Hall–Kier alpha value is -7.81. The standard InChI is InChI=1S/C57H34N2/c1-2-15-41(16-3-1)59(42-17-10-26-58-34-42)43-28-39(44-22-24-50-54-32-37-13-6-4-11-35(37)30-52(54)48-20-8-18-46(44)56(48)50)27-40(29-43)45-23-25-51-55-33-38-14-7-5-12-36(38)31-53(55)49-21-9-19-47(45)57(49)51/h1-34H. The highest BCUT2D eigenvalue weighted by atomic mass is 15.1. The molecule has 0 spiro atoms. The van der Waals surface area contributed by atoms with Crippen molar-refractivity contribution in [3.63, 3.8) is 0 Å². The fraction of sp³-hybridized carbons (Fsp3) is 0. The van der Waals surface area contributed by atoms with E-state index >= 15 is 0 Å². The van der Waals surface area contributed by atoms with Crippen molar-refractivity contribution < 1.29 is 0 Å². The second kappa shape index (κ2) is 12.3. The van der Waals surface area contributed by atoms with E-state index in [4.69, 9.17) is 0 Å². The highest BCUT2D eigenvalue weighted by molar-refractivity contribution is 6.22. The number of hydrogen-bond acceptors (Lipinski definition) is 2. The van der Waals surface area contributed by atoms with Crippen LogP contribution in [0.5, 0.6) is 0 Å². The Labute approximate surface area is 341 Å². The number of para-hydroxylation sites is 1. The van der Waals surface area contributed by atoms with Gasteiger partial charge in [0.05, 0.1) is 11.9 Å². The molecule has 59 heavy (non-hydrogen) atoms. The minimum absolute atomic E-state index is 1.01. The summed E-state index contributed by atoms with van der Waals surface area (Å²) in [6.45, 7) is 0. The molecule has 2 heteroatoms. The highest BCUT2D eigenvalue weighted by Crippen LogP contribution is 2.53. The smallest absolute Gasteiger partial charge is 0.0644 e. The van der Waals surface area contributed by atoms with E-state index in [1.54, 1.807) is 0 Å². The average molecular weight is 747 g/mol. The van der Waals surface area contributed by atoms with Gasteiger partial charge in [-0.05, 0) is 177 Å².